The molecule has 18 heavy (non-hydrogen) atoms. The van der Waals surface area contributed by atoms with Gasteiger partial charge in [-0.05, 0) is 19.1 Å². The largest absolute Gasteiger partial charge is 0.366 e. The third-order valence-electron chi connectivity index (χ3n) is 2.74. The van der Waals surface area contributed by atoms with Gasteiger partial charge in [0.05, 0.1) is 18.1 Å². The lowest BCUT2D eigenvalue weighted by molar-refractivity contribution is 0.765. The highest BCUT2D eigenvalue weighted by Crippen LogP contribution is 2.15. The molecule has 2 heterocycles. The summed E-state index contributed by atoms with van der Waals surface area (Å²) in [6.45, 7) is 3.76. The van der Waals surface area contributed by atoms with E-state index in [1.54, 1.807) is 16.9 Å². The third kappa shape index (κ3) is 2.66. The summed E-state index contributed by atoms with van der Waals surface area (Å²) in [5.74, 6) is 0. The summed E-state index contributed by atoms with van der Waals surface area (Å²) in [4.78, 5) is 6.27. The maximum Gasteiger partial charge on any atom is 0.140 e. The quantitative estimate of drug-likeness (QED) is 0.817. The van der Waals surface area contributed by atoms with Crippen molar-refractivity contribution in [1.29, 1.82) is 5.26 Å². The van der Waals surface area contributed by atoms with Gasteiger partial charge in [-0.3, -0.25) is 4.68 Å². The number of anilines is 1. The van der Waals surface area contributed by atoms with Crippen molar-refractivity contribution in [2.24, 2.45) is 7.05 Å². The molecule has 0 N–H and O–H groups in total. The van der Waals surface area contributed by atoms with Crippen LogP contribution in [0.5, 0.6) is 0 Å². The first-order valence-corrected chi connectivity index (χ1v) is 5.81. The van der Waals surface area contributed by atoms with Gasteiger partial charge < -0.3 is 4.90 Å². The van der Waals surface area contributed by atoms with Crippen LogP contribution in [0.3, 0.4) is 0 Å². The third-order valence-corrected chi connectivity index (χ3v) is 2.74. The zero-order chi connectivity index (χ0) is 13.0. The Morgan fingerprint density at radius 3 is 2.72 bits per heavy atom. The van der Waals surface area contributed by atoms with Gasteiger partial charge >= 0.3 is 0 Å². The molecule has 0 atom stereocenters. The van der Waals surface area contributed by atoms with Crippen molar-refractivity contribution >= 4 is 5.69 Å². The number of rotatable bonds is 4. The van der Waals surface area contributed by atoms with Gasteiger partial charge in [-0.25, -0.2) is 4.98 Å². The minimum atomic E-state index is 0.441. The maximum absolute atomic E-state index is 8.73. The first-order chi connectivity index (χ1) is 8.72. The van der Waals surface area contributed by atoms with Gasteiger partial charge in [-0.2, -0.15) is 10.4 Å². The van der Waals surface area contributed by atoms with Gasteiger partial charge in [0.1, 0.15) is 11.8 Å². The second-order valence-corrected chi connectivity index (χ2v) is 4.05. The number of aromatic nitrogens is 3. The maximum atomic E-state index is 8.73. The second kappa shape index (κ2) is 5.32. The molecule has 0 spiro atoms. The molecule has 5 nitrogen and oxygen atoms in total. The Bertz CT molecular complexity index is 550. The molecule has 0 saturated carbocycles. The summed E-state index contributed by atoms with van der Waals surface area (Å²) in [5, 5.41) is 12.9. The number of aryl methyl sites for hydroxylation is 1. The number of nitrogens with zero attached hydrogens (tertiary/aromatic N) is 5. The van der Waals surface area contributed by atoms with E-state index in [0.29, 0.717) is 5.69 Å². The van der Waals surface area contributed by atoms with Crippen LogP contribution in [-0.2, 0) is 13.6 Å². The smallest absolute Gasteiger partial charge is 0.140 e. The molecule has 0 fully saturated rings. The molecule has 5 heteroatoms. The highest BCUT2D eigenvalue weighted by Gasteiger charge is 2.07. The molecular formula is C13H15N5. The molecule has 0 unspecified atom stereocenters. The van der Waals surface area contributed by atoms with Crippen molar-refractivity contribution < 1.29 is 0 Å². The Labute approximate surface area is 106 Å². The Hall–Kier alpha value is -2.35. The van der Waals surface area contributed by atoms with E-state index in [4.69, 9.17) is 5.26 Å². The molecule has 0 radical (unpaired) electrons. The zero-order valence-electron chi connectivity index (χ0n) is 10.5. The number of nitriles is 1. The molecule has 0 aromatic carbocycles. The van der Waals surface area contributed by atoms with E-state index in [1.807, 2.05) is 31.6 Å². The summed E-state index contributed by atoms with van der Waals surface area (Å²) in [6, 6.07) is 5.68. The number of hydrogen-bond donors (Lipinski definition) is 0. The van der Waals surface area contributed by atoms with Gasteiger partial charge in [0, 0.05) is 31.9 Å². The van der Waals surface area contributed by atoms with Crippen LogP contribution in [-0.4, -0.2) is 21.3 Å². The van der Waals surface area contributed by atoms with Crippen LogP contribution in [0.1, 0.15) is 18.2 Å². The molecule has 92 valence electrons. The van der Waals surface area contributed by atoms with E-state index in [2.05, 4.69) is 21.9 Å². The lowest BCUT2D eigenvalue weighted by Gasteiger charge is -2.21. The van der Waals surface area contributed by atoms with Crippen molar-refractivity contribution in [2.75, 3.05) is 11.4 Å². The predicted octanol–water partition coefficient (Wildman–Crippen LogP) is 1.71. The Kier molecular flexibility index (Phi) is 3.58. The van der Waals surface area contributed by atoms with Crippen molar-refractivity contribution in [2.45, 2.75) is 13.5 Å². The topological polar surface area (TPSA) is 57.7 Å². The van der Waals surface area contributed by atoms with Crippen LogP contribution in [0.2, 0.25) is 0 Å². The average Bonchev–Trinajstić information content (AvgIpc) is 2.82. The first kappa shape index (κ1) is 12.1. The van der Waals surface area contributed by atoms with Crippen LogP contribution in [0.4, 0.5) is 5.69 Å². The monoisotopic (exact) mass is 241 g/mol. The molecule has 0 aliphatic carbocycles. The van der Waals surface area contributed by atoms with E-state index in [9.17, 15) is 0 Å². The molecule has 2 rings (SSSR count). The van der Waals surface area contributed by atoms with Crippen LogP contribution < -0.4 is 4.90 Å². The van der Waals surface area contributed by atoms with Crippen molar-refractivity contribution in [3.63, 3.8) is 0 Å². The van der Waals surface area contributed by atoms with E-state index < -0.39 is 0 Å². The Morgan fingerprint density at radius 1 is 1.39 bits per heavy atom. The van der Waals surface area contributed by atoms with E-state index >= 15 is 0 Å². The van der Waals surface area contributed by atoms with Crippen LogP contribution in [0.15, 0.2) is 30.7 Å². The van der Waals surface area contributed by atoms with Crippen molar-refractivity contribution in [3.05, 3.63) is 42.0 Å². The normalized spacial score (nSPS) is 10.1. The second-order valence-electron chi connectivity index (χ2n) is 4.05. The molecule has 2 aromatic heterocycles. The highest BCUT2D eigenvalue weighted by molar-refractivity contribution is 5.46. The molecule has 0 amide bonds. The van der Waals surface area contributed by atoms with E-state index in [1.165, 1.54) is 0 Å². The van der Waals surface area contributed by atoms with Gasteiger partial charge in [0.25, 0.3) is 0 Å². The van der Waals surface area contributed by atoms with Gasteiger partial charge in [-0.1, -0.05) is 0 Å². The van der Waals surface area contributed by atoms with Crippen LogP contribution in [0.25, 0.3) is 0 Å². The Balaban J connectivity index is 2.15. The fourth-order valence-electron chi connectivity index (χ4n) is 1.80. The van der Waals surface area contributed by atoms with E-state index in [0.717, 1.165) is 24.3 Å². The average molecular weight is 241 g/mol. The SMILES string of the molecule is CCN(Cc1cnn(C)c1)c1ccc(C#N)nc1. The van der Waals surface area contributed by atoms with Crippen molar-refractivity contribution in [3.8, 4) is 6.07 Å². The van der Waals surface area contributed by atoms with Gasteiger partial charge in [-0.15, -0.1) is 0 Å². The summed E-state index contributed by atoms with van der Waals surface area (Å²) < 4.78 is 1.79. The zero-order valence-corrected chi connectivity index (χ0v) is 10.5. The highest BCUT2D eigenvalue weighted by atomic mass is 15.2. The number of hydrogen-bond acceptors (Lipinski definition) is 4. The predicted molar refractivity (Wildman–Crippen MR) is 68.9 cm³/mol. The fraction of sp³-hybridized carbons (Fsp3) is 0.308. The molecule has 2 aromatic rings. The fourth-order valence-corrected chi connectivity index (χ4v) is 1.80. The minimum absolute atomic E-state index is 0.441. The molecule has 0 saturated heterocycles. The summed E-state index contributed by atoms with van der Waals surface area (Å²) in [7, 11) is 1.91. The number of pyridine rings is 1. The molecular weight excluding hydrogens is 226 g/mol. The lowest BCUT2D eigenvalue weighted by atomic mass is 10.2. The first-order valence-electron chi connectivity index (χ1n) is 5.81. The standard InChI is InChI=1S/C13H15N5/c1-3-18(10-11-7-16-17(2)9-11)13-5-4-12(6-14)15-8-13/h4-5,7-9H,3,10H2,1-2H3. The van der Waals surface area contributed by atoms with Crippen LogP contribution in [0, 0.1) is 11.3 Å². The summed E-state index contributed by atoms with van der Waals surface area (Å²) in [5.41, 5.74) is 2.61. The van der Waals surface area contributed by atoms with Crippen LogP contribution >= 0.6 is 0 Å². The van der Waals surface area contributed by atoms with Crippen molar-refractivity contribution in [1.82, 2.24) is 14.8 Å². The van der Waals surface area contributed by atoms with E-state index in [-0.39, 0.29) is 0 Å². The summed E-state index contributed by atoms with van der Waals surface area (Å²) >= 11 is 0. The molecule has 0 aliphatic heterocycles. The molecule has 0 bridgehead atoms. The van der Waals surface area contributed by atoms with Gasteiger partial charge in [0.15, 0.2) is 0 Å². The Morgan fingerprint density at radius 2 is 2.22 bits per heavy atom. The lowest BCUT2D eigenvalue weighted by Crippen LogP contribution is -2.21. The summed E-state index contributed by atoms with van der Waals surface area (Å²) in [6.07, 6.45) is 5.60. The molecule has 0 aliphatic rings. The minimum Gasteiger partial charge on any atom is -0.366 e. The van der Waals surface area contributed by atoms with Gasteiger partial charge in [0.2, 0.25) is 0 Å².